The van der Waals surface area contributed by atoms with Crippen molar-refractivity contribution in [3.63, 3.8) is 0 Å². The van der Waals surface area contributed by atoms with E-state index in [1.165, 1.54) is 29.8 Å². The molecular weight excluding hydrogens is 297 g/mol. The van der Waals surface area contributed by atoms with Gasteiger partial charge in [-0.2, -0.15) is 5.06 Å². The second-order valence-corrected chi connectivity index (χ2v) is 5.54. The molecule has 0 aromatic heterocycles. The van der Waals surface area contributed by atoms with E-state index >= 15 is 0 Å². The lowest BCUT2D eigenvalue weighted by molar-refractivity contribution is -0.153. The minimum absolute atomic E-state index is 0.144. The summed E-state index contributed by atoms with van der Waals surface area (Å²) in [7, 11) is 1.87. The molecule has 4 nitrogen and oxygen atoms in total. The summed E-state index contributed by atoms with van der Waals surface area (Å²) in [6.45, 7) is 0.171. The van der Waals surface area contributed by atoms with Gasteiger partial charge in [0.2, 0.25) is 0 Å². The average Bonchev–Trinajstić information content (AvgIpc) is 2.95. The van der Waals surface area contributed by atoms with Gasteiger partial charge < -0.3 is 4.74 Å². The van der Waals surface area contributed by atoms with Gasteiger partial charge in [0, 0.05) is 13.5 Å². The van der Waals surface area contributed by atoms with Gasteiger partial charge in [0.05, 0.1) is 11.6 Å². The molecule has 1 aliphatic heterocycles. The maximum atomic E-state index is 12.9. The minimum atomic E-state index is -0.473. The number of carbonyl (C=O) groups excluding carboxylic acids is 1. The largest absolute Gasteiger partial charge is 0.459 e. The van der Waals surface area contributed by atoms with Crippen molar-refractivity contribution in [2.45, 2.75) is 18.6 Å². The van der Waals surface area contributed by atoms with E-state index in [-0.39, 0.29) is 24.6 Å². The molecule has 1 heterocycles. The number of rotatable bonds is 4. The molecule has 3 rings (SSSR count). The van der Waals surface area contributed by atoms with Crippen LogP contribution >= 0.6 is 0 Å². The van der Waals surface area contributed by atoms with E-state index in [1.807, 2.05) is 25.2 Å². The normalized spacial score (nSPS) is 21.3. The first-order valence-corrected chi connectivity index (χ1v) is 7.51. The number of hydrogen-bond acceptors (Lipinski definition) is 4. The van der Waals surface area contributed by atoms with Crippen LogP contribution < -0.4 is 0 Å². The van der Waals surface area contributed by atoms with E-state index in [0.29, 0.717) is 5.56 Å². The minimum Gasteiger partial charge on any atom is -0.459 e. The zero-order valence-corrected chi connectivity index (χ0v) is 12.8. The van der Waals surface area contributed by atoms with Crippen LogP contribution in [-0.2, 0) is 9.57 Å². The van der Waals surface area contributed by atoms with Crippen LogP contribution in [0.5, 0.6) is 0 Å². The number of hydrogen-bond donors (Lipinski definition) is 0. The highest BCUT2D eigenvalue weighted by Crippen LogP contribution is 2.32. The molecule has 1 fully saturated rings. The van der Waals surface area contributed by atoms with Crippen LogP contribution in [0.3, 0.4) is 0 Å². The van der Waals surface area contributed by atoms with Crippen molar-refractivity contribution in [1.82, 2.24) is 5.06 Å². The maximum Gasteiger partial charge on any atom is 0.338 e. The van der Waals surface area contributed by atoms with Crippen molar-refractivity contribution in [2.75, 3.05) is 13.7 Å². The molecule has 0 bridgehead atoms. The Hall–Kier alpha value is -2.24. The quantitative estimate of drug-likeness (QED) is 0.811. The molecule has 0 radical (unpaired) electrons. The third-order valence-electron chi connectivity index (χ3n) is 3.90. The van der Waals surface area contributed by atoms with Crippen LogP contribution in [0, 0.1) is 5.82 Å². The number of hydroxylamine groups is 2. The molecule has 0 spiro atoms. The van der Waals surface area contributed by atoms with Crippen molar-refractivity contribution in [3.8, 4) is 0 Å². The fourth-order valence-electron chi connectivity index (χ4n) is 2.71. The third-order valence-corrected chi connectivity index (χ3v) is 3.90. The number of ether oxygens (including phenoxy) is 1. The predicted octanol–water partition coefficient (Wildman–Crippen LogP) is 3.36. The Balaban J connectivity index is 1.55. The summed E-state index contributed by atoms with van der Waals surface area (Å²) in [5, 5.41) is 1.80. The highest BCUT2D eigenvalue weighted by molar-refractivity contribution is 5.89. The Bertz CT molecular complexity index is 660. The zero-order chi connectivity index (χ0) is 16.2. The first kappa shape index (κ1) is 15.6. The lowest BCUT2D eigenvalue weighted by Gasteiger charge is -2.17. The monoisotopic (exact) mass is 315 g/mol. The molecule has 1 saturated heterocycles. The molecule has 2 atom stereocenters. The van der Waals surface area contributed by atoms with Gasteiger partial charge in [0.25, 0.3) is 0 Å². The zero-order valence-electron chi connectivity index (χ0n) is 12.8. The highest BCUT2D eigenvalue weighted by atomic mass is 19.1. The summed E-state index contributed by atoms with van der Waals surface area (Å²) in [6.07, 6.45) is 0.562. The Morgan fingerprint density at radius 1 is 1.22 bits per heavy atom. The van der Waals surface area contributed by atoms with Crippen molar-refractivity contribution in [1.29, 1.82) is 0 Å². The van der Waals surface area contributed by atoms with Gasteiger partial charge in [-0.1, -0.05) is 30.3 Å². The number of carbonyl (C=O) groups is 1. The first-order valence-electron chi connectivity index (χ1n) is 7.51. The molecule has 0 aliphatic carbocycles. The van der Waals surface area contributed by atoms with Gasteiger partial charge in [0.1, 0.15) is 18.5 Å². The predicted molar refractivity (Wildman–Crippen MR) is 83.1 cm³/mol. The van der Waals surface area contributed by atoms with Crippen molar-refractivity contribution >= 4 is 5.97 Å². The smallest absolute Gasteiger partial charge is 0.338 e. The number of benzene rings is 2. The van der Waals surface area contributed by atoms with Crippen LogP contribution in [-0.4, -0.2) is 30.8 Å². The Labute approximate surface area is 134 Å². The van der Waals surface area contributed by atoms with Gasteiger partial charge in [-0.05, 0) is 29.8 Å². The second-order valence-electron chi connectivity index (χ2n) is 5.54. The lowest BCUT2D eigenvalue weighted by Crippen LogP contribution is -2.20. The van der Waals surface area contributed by atoms with Gasteiger partial charge >= 0.3 is 5.97 Å². The van der Waals surface area contributed by atoms with Crippen LogP contribution in [0.2, 0.25) is 0 Å². The van der Waals surface area contributed by atoms with Crippen LogP contribution in [0.4, 0.5) is 4.39 Å². The van der Waals surface area contributed by atoms with E-state index in [2.05, 4.69) is 12.1 Å². The molecule has 2 aromatic carbocycles. The number of halogens is 1. The van der Waals surface area contributed by atoms with Crippen molar-refractivity contribution in [2.24, 2.45) is 0 Å². The van der Waals surface area contributed by atoms with E-state index in [4.69, 9.17) is 9.57 Å². The molecule has 0 unspecified atom stereocenters. The summed E-state index contributed by atoms with van der Waals surface area (Å²) in [5.74, 6) is -0.854. The second kappa shape index (κ2) is 6.89. The molecule has 5 heteroatoms. The standard InChI is InChI=1S/C18H18FNO3/c1-20-17(13-5-3-2-4-6-13)11-16(23-20)12-22-18(21)14-7-9-15(19)10-8-14/h2-10,16-17H,11-12H2,1H3/t16-,17+/m1/s1. The van der Waals surface area contributed by atoms with Gasteiger partial charge in [-0.3, -0.25) is 4.84 Å². The highest BCUT2D eigenvalue weighted by Gasteiger charge is 2.32. The SMILES string of the molecule is CN1O[C@@H](COC(=O)c2ccc(F)cc2)C[C@H]1c1ccccc1. The fourth-order valence-corrected chi connectivity index (χ4v) is 2.71. The molecule has 23 heavy (non-hydrogen) atoms. The fraction of sp³-hybridized carbons (Fsp3) is 0.278. The first-order chi connectivity index (χ1) is 11.1. The van der Waals surface area contributed by atoms with E-state index in [1.54, 1.807) is 5.06 Å². The Morgan fingerprint density at radius 2 is 1.91 bits per heavy atom. The molecule has 1 aliphatic rings. The van der Waals surface area contributed by atoms with E-state index in [9.17, 15) is 9.18 Å². The van der Waals surface area contributed by atoms with E-state index in [0.717, 1.165) is 6.42 Å². The molecule has 0 saturated carbocycles. The van der Waals surface area contributed by atoms with Gasteiger partial charge in [-0.15, -0.1) is 0 Å². The number of esters is 1. The molecular formula is C18H18FNO3. The lowest BCUT2D eigenvalue weighted by atomic mass is 10.0. The molecule has 120 valence electrons. The van der Waals surface area contributed by atoms with Crippen molar-refractivity contribution in [3.05, 3.63) is 71.5 Å². The Morgan fingerprint density at radius 3 is 2.61 bits per heavy atom. The van der Waals surface area contributed by atoms with Crippen LogP contribution in [0.1, 0.15) is 28.4 Å². The summed E-state index contributed by atoms with van der Waals surface area (Å²) in [4.78, 5) is 17.7. The van der Waals surface area contributed by atoms with Crippen LogP contribution in [0.25, 0.3) is 0 Å². The summed E-state index contributed by atoms with van der Waals surface area (Å²) in [5.41, 5.74) is 1.50. The Kier molecular flexibility index (Phi) is 4.69. The number of nitrogens with zero attached hydrogens (tertiary/aromatic N) is 1. The summed E-state index contributed by atoms with van der Waals surface area (Å²) >= 11 is 0. The van der Waals surface area contributed by atoms with Crippen LogP contribution in [0.15, 0.2) is 54.6 Å². The average molecular weight is 315 g/mol. The molecule has 2 aromatic rings. The molecule has 0 N–H and O–H groups in total. The summed E-state index contributed by atoms with van der Waals surface area (Å²) in [6, 6.07) is 15.5. The topological polar surface area (TPSA) is 38.8 Å². The van der Waals surface area contributed by atoms with Gasteiger partial charge in [0.15, 0.2) is 0 Å². The van der Waals surface area contributed by atoms with Crippen molar-refractivity contribution < 1.29 is 18.8 Å². The maximum absolute atomic E-state index is 12.9. The summed E-state index contributed by atoms with van der Waals surface area (Å²) < 4.78 is 18.1. The third kappa shape index (κ3) is 3.75. The van der Waals surface area contributed by atoms with Gasteiger partial charge in [-0.25, -0.2) is 9.18 Å². The van der Waals surface area contributed by atoms with E-state index < -0.39 is 5.97 Å². The molecule has 0 amide bonds.